The molecular weight excluding hydrogens is 268 g/mol. The lowest BCUT2D eigenvalue weighted by atomic mass is 9.99. The third kappa shape index (κ3) is 3.90. The molecule has 112 valence electrons. The summed E-state index contributed by atoms with van der Waals surface area (Å²) in [4.78, 5) is 2.54. The van der Waals surface area contributed by atoms with Crippen molar-refractivity contribution in [3.05, 3.63) is 35.9 Å². The molecule has 0 aliphatic carbocycles. The molecule has 1 fully saturated rings. The second-order valence-corrected chi connectivity index (χ2v) is 7.20. The summed E-state index contributed by atoms with van der Waals surface area (Å²) in [6.45, 7) is 6.45. The van der Waals surface area contributed by atoms with E-state index in [1.165, 1.54) is 5.56 Å². The number of benzene rings is 1. The summed E-state index contributed by atoms with van der Waals surface area (Å²) >= 11 is 0. The second kappa shape index (κ2) is 7.34. The largest absolute Gasteiger partial charge is 0.307 e. The van der Waals surface area contributed by atoms with Crippen molar-refractivity contribution in [1.82, 2.24) is 10.2 Å². The monoisotopic (exact) mass is 294 g/mol. The predicted octanol–water partition coefficient (Wildman–Crippen LogP) is 2.18. The normalized spacial score (nSPS) is 27.1. The summed E-state index contributed by atoms with van der Waals surface area (Å²) in [5.74, 6) is 0.762. The van der Waals surface area contributed by atoms with Gasteiger partial charge in [-0.25, -0.2) is 0 Å². The molecular formula is C16H26N2OS. The predicted molar refractivity (Wildman–Crippen MR) is 86.4 cm³/mol. The first-order chi connectivity index (χ1) is 9.61. The number of hydrogen-bond acceptors (Lipinski definition) is 3. The van der Waals surface area contributed by atoms with E-state index in [0.717, 1.165) is 25.3 Å². The number of nitrogens with zero attached hydrogens (tertiary/aromatic N) is 1. The van der Waals surface area contributed by atoms with Crippen LogP contribution in [0, 0.1) is 0 Å². The van der Waals surface area contributed by atoms with Gasteiger partial charge in [0, 0.05) is 54.0 Å². The molecule has 0 amide bonds. The molecule has 4 unspecified atom stereocenters. The molecule has 2 rings (SSSR count). The van der Waals surface area contributed by atoms with E-state index in [9.17, 15) is 4.21 Å². The van der Waals surface area contributed by atoms with Gasteiger partial charge in [0.25, 0.3) is 0 Å². The fraction of sp³-hybridized carbons (Fsp3) is 0.625. The molecule has 20 heavy (non-hydrogen) atoms. The third-order valence-electron chi connectivity index (χ3n) is 4.18. The number of piperazine rings is 1. The minimum absolute atomic E-state index is 0.374. The zero-order chi connectivity index (χ0) is 14.5. The Bertz CT molecular complexity index is 437. The molecule has 0 bridgehead atoms. The first kappa shape index (κ1) is 15.7. The van der Waals surface area contributed by atoms with Gasteiger partial charge >= 0.3 is 0 Å². The number of rotatable bonds is 5. The molecule has 0 aromatic heterocycles. The Balaban J connectivity index is 2.09. The van der Waals surface area contributed by atoms with Gasteiger partial charge in [-0.1, -0.05) is 37.3 Å². The van der Waals surface area contributed by atoms with E-state index < -0.39 is 10.8 Å². The summed E-state index contributed by atoms with van der Waals surface area (Å²) < 4.78 is 11.5. The molecule has 0 radical (unpaired) electrons. The Hall–Kier alpha value is -0.710. The van der Waals surface area contributed by atoms with E-state index in [-0.39, 0.29) is 0 Å². The molecule has 3 nitrogen and oxygen atoms in total. The summed E-state index contributed by atoms with van der Waals surface area (Å²) in [6.07, 6.45) is 2.93. The van der Waals surface area contributed by atoms with Crippen molar-refractivity contribution in [2.24, 2.45) is 0 Å². The van der Waals surface area contributed by atoms with Crippen molar-refractivity contribution >= 4 is 10.8 Å². The molecule has 0 spiro atoms. The summed E-state index contributed by atoms with van der Waals surface area (Å²) in [5, 5.41) is 3.66. The van der Waals surface area contributed by atoms with Crippen molar-refractivity contribution in [3.8, 4) is 0 Å². The Labute approximate surface area is 125 Å². The highest BCUT2D eigenvalue weighted by Gasteiger charge is 2.30. The summed E-state index contributed by atoms with van der Waals surface area (Å²) in [7, 11) is -0.732. The van der Waals surface area contributed by atoms with E-state index in [4.69, 9.17) is 0 Å². The second-order valence-electron chi connectivity index (χ2n) is 5.72. The maximum absolute atomic E-state index is 11.5. The van der Waals surface area contributed by atoms with Gasteiger partial charge in [-0.2, -0.15) is 0 Å². The van der Waals surface area contributed by atoms with Crippen molar-refractivity contribution in [1.29, 1.82) is 0 Å². The highest BCUT2D eigenvalue weighted by atomic mass is 32.2. The Morgan fingerprint density at radius 2 is 2.10 bits per heavy atom. The minimum Gasteiger partial charge on any atom is -0.307 e. The van der Waals surface area contributed by atoms with Crippen LogP contribution in [0.5, 0.6) is 0 Å². The van der Waals surface area contributed by atoms with Crippen molar-refractivity contribution in [2.45, 2.75) is 38.4 Å². The van der Waals surface area contributed by atoms with Crippen LogP contribution in [0.15, 0.2) is 30.3 Å². The van der Waals surface area contributed by atoms with Gasteiger partial charge in [0.2, 0.25) is 0 Å². The van der Waals surface area contributed by atoms with E-state index in [2.05, 4.69) is 54.4 Å². The van der Waals surface area contributed by atoms with Gasteiger partial charge in [0.05, 0.1) is 0 Å². The molecule has 1 heterocycles. The standard InChI is InChI=1S/C16H26N2OS/c1-4-15-10-17-16(14-8-6-5-7-9-14)11-18(15)13(2)12-20(3)19/h5-9,13,15-17H,4,10-12H2,1-3H3. The fourth-order valence-corrected chi connectivity index (χ4v) is 3.95. The molecule has 4 heteroatoms. The van der Waals surface area contributed by atoms with Gasteiger partial charge in [-0.3, -0.25) is 9.11 Å². The molecule has 1 aliphatic heterocycles. The summed E-state index contributed by atoms with van der Waals surface area (Å²) in [6, 6.07) is 11.9. The zero-order valence-electron chi connectivity index (χ0n) is 12.7. The van der Waals surface area contributed by atoms with Crippen LogP contribution < -0.4 is 5.32 Å². The van der Waals surface area contributed by atoms with E-state index in [1.807, 2.05) is 0 Å². The van der Waals surface area contributed by atoms with Gasteiger partial charge in [0.1, 0.15) is 0 Å². The average Bonchev–Trinajstić information content (AvgIpc) is 2.46. The Morgan fingerprint density at radius 1 is 1.40 bits per heavy atom. The van der Waals surface area contributed by atoms with Crippen LogP contribution in [0.4, 0.5) is 0 Å². The average molecular weight is 294 g/mol. The van der Waals surface area contributed by atoms with E-state index >= 15 is 0 Å². The molecule has 1 aromatic rings. The molecule has 1 aliphatic rings. The van der Waals surface area contributed by atoms with Crippen LogP contribution in [0.1, 0.15) is 31.9 Å². The molecule has 1 saturated heterocycles. The van der Waals surface area contributed by atoms with E-state index in [1.54, 1.807) is 6.26 Å². The first-order valence-corrected chi connectivity index (χ1v) is 9.18. The van der Waals surface area contributed by atoms with Crippen LogP contribution >= 0.6 is 0 Å². The van der Waals surface area contributed by atoms with Crippen molar-refractivity contribution < 1.29 is 4.21 Å². The number of nitrogens with one attached hydrogen (secondary N) is 1. The minimum atomic E-state index is -0.732. The lowest BCUT2D eigenvalue weighted by molar-refractivity contribution is 0.0956. The topological polar surface area (TPSA) is 32.3 Å². The highest BCUT2D eigenvalue weighted by molar-refractivity contribution is 7.84. The van der Waals surface area contributed by atoms with E-state index in [0.29, 0.717) is 18.1 Å². The van der Waals surface area contributed by atoms with Crippen LogP contribution in [0.25, 0.3) is 0 Å². The quantitative estimate of drug-likeness (QED) is 0.903. The van der Waals surface area contributed by atoms with Gasteiger partial charge in [0.15, 0.2) is 0 Å². The van der Waals surface area contributed by atoms with Crippen molar-refractivity contribution in [3.63, 3.8) is 0 Å². The zero-order valence-corrected chi connectivity index (χ0v) is 13.5. The lowest BCUT2D eigenvalue weighted by Crippen LogP contribution is -2.56. The molecule has 1 aromatic carbocycles. The van der Waals surface area contributed by atoms with Crippen LogP contribution in [-0.2, 0) is 10.8 Å². The number of hydrogen-bond donors (Lipinski definition) is 1. The highest BCUT2D eigenvalue weighted by Crippen LogP contribution is 2.23. The summed E-state index contributed by atoms with van der Waals surface area (Å²) in [5.41, 5.74) is 1.34. The van der Waals surface area contributed by atoms with Crippen LogP contribution in [-0.4, -0.2) is 46.3 Å². The maximum Gasteiger partial charge on any atom is 0.0450 e. The molecule has 1 N–H and O–H groups in total. The van der Waals surface area contributed by atoms with Gasteiger partial charge in [-0.15, -0.1) is 0 Å². The Morgan fingerprint density at radius 3 is 2.70 bits per heavy atom. The lowest BCUT2D eigenvalue weighted by Gasteiger charge is -2.43. The fourth-order valence-electron chi connectivity index (χ4n) is 3.08. The van der Waals surface area contributed by atoms with Crippen molar-refractivity contribution in [2.75, 3.05) is 25.1 Å². The first-order valence-electron chi connectivity index (χ1n) is 7.46. The third-order valence-corrected chi connectivity index (χ3v) is 5.13. The Kier molecular flexibility index (Phi) is 5.75. The molecule has 4 atom stereocenters. The smallest absolute Gasteiger partial charge is 0.0450 e. The van der Waals surface area contributed by atoms with Crippen LogP contribution in [0.2, 0.25) is 0 Å². The van der Waals surface area contributed by atoms with Gasteiger partial charge in [-0.05, 0) is 18.9 Å². The maximum atomic E-state index is 11.5. The SMILES string of the molecule is CCC1CNC(c2ccccc2)CN1C(C)CS(C)=O. The van der Waals surface area contributed by atoms with Gasteiger partial charge < -0.3 is 5.32 Å². The molecule has 0 saturated carbocycles. The van der Waals surface area contributed by atoms with Crippen LogP contribution in [0.3, 0.4) is 0 Å².